The average Bonchev–Trinajstić information content (AvgIpc) is 2.39. The normalized spacial score (nSPS) is 23.3. The standard InChI is InChI=1S/C13H19N3O3S/c1-13(8-2-3-9-15-13)12(17)16-10-4-6-11(7-5-10)20(14,18)19/h4-7,15H,2-3,8-9H2,1H3,(H,16,17)(H2,14,18,19). The van der Waals surface area contributed by atoms with Gasteiger partial charge in [0.05, 0.1) is 10.4 Å². The molecule has 1 aromatic carbocycles. The van der Waals surface area contributed by atoms with E-state index < -0.39 is 15.6 Å². The molecule has 1 aliphatic rings. The maximum Gasteiger partial charge on any atom is 0.244 e. The SMILES string of the molecule is CC1(C(=O)Nc2ccc(S(N)(=O)=O)cc2)CCCCN1. The third kappa shape index (κ3) is 3.36. The molecule has 1 amide bonds. The second kappa shape index (κ2) is 5.51. The van der Waals surface area contributed by atoms with Crippen molar-refractivity contribution in [3.8, 4) is 0 Å². The van der Waals surface area contributed by atoms with Gasteiger partial charge in [0.15, 0.2) is 0 Å². The number of hydrogen-bond donors (Lipinski definition) is 3. The minimum absolute atomic E-state index is 0.0255. The van der Waals surface area contributed by atoms with E-state index in [2.05, 4.69) is 10.6 Å². The number of amides is 1. The maximum absolute atomic E-state index is 12.3. The van der Waals surface area contributed by atoms with Gasteiger partial charge >= 0.3 is 0 Å². The highest BCUT2D eigenvalue weighted by atomic mass is 32.2. The first-order valence-corrected chi connectivity index (χ1v) is 8.05. The number of sulfonamides is 1. The van der Waals surface area contributed by atoms with Crippen LogP contribution in [0.2, 0.25) is 0 Å². The molecule has 0 saturated carbocycles. The smallest absolute Gasteiger partial charge is 0.244 e. The van der Waals surface area contributed by atoms with E-state index in [1.165, 1.54) is 24.3 Å². The number of hydrogen-bond acceptors (Lipinski definition) is 4. The number of nitrogens with one attached hydrogen (secondary N) is 2. The fourth-order valence-electron chi connectivity index (χ4n) is 2.25. The Hall–Kier alpha value is -1.44. The first-order valence-electron chi connectivity index (χ1n) is 6.51. The topological polar surface area (TPSA) is 101 Å². The van der Waals surface area contributed by atoms with E-state index in [-0.39, 0.29) is 10.8 Å². The molecular formula is C13H19N3O3S. The Morgan fingerprint density at radius 3 is 2.45 bits per heavy atom. The van der Waals surface area contributed by atoms with Crippen molar-refractivity contribution in [1.29, 1.82) is 0 Å². The largest absolute Gasteiger partial charge is 0.324 e. The molecule has 0 radical (unpaired) electrons. The lowest BCUT2D eigenvalue weighted by Gasteiger charge is -2.33. The molecule has 0 spiro atoms. The third-order valence-corrected chi connectivity index (χ3v) is 4.49. The first kappa shape index (κ1) is 15.0. The zero-order valence-corrected chi connectivity index (χ0v) is 12.2. The molecule has 2 rings (SSSR count). The minimum Gasteiger partial charge on any atom is -0.324 e. The highest BCUT2D eigenvalue weighted by Gasteiger charge is 2.34. The van der Waals surface area contributed by atoms with Gasteiger partial charge in [-0.25, -0.2) is 13.6 Å². The number of benzene rings is 1. The summed E-state index contributed by atoms with van der Waals surface area (Å²) in [7, 11) is -3.71. The third-order valence-electron chi connectivity index (χ3n) is 3.56. The number of anilines is 1. The summed E-state index contributed by atoms with van der Waals surface area (Å²) in [5, 5.41) is 11.0. The molecule has 0 bridgehead atoms. The van der Waals surface area contributed by atoms with E-state index >= 15 is 0 Å². The van der Waals surface area contributed by atoms with Crippen LogP contribution in [0.5, 0.6) is 0 Å². The Morgan fingerprint density at radius 2 is 1.95 bits per heavy atom. The Morgan fingerprint density at radius 1 is 1.30 bits per heavy atom. The van der Waals surface area contributed by atoms with Crippen molar-refractivity contribution < 1.29 is 13.2 Å². The summed E-state index contributed by atoms with van der Waals surface area (Å²) in [6, 6.07) is 5.82. The Bertz CT molecular complexity index is 590. The van der Waals surface area contributed by atoms with Crippen molar-refractivity contribution in [3.63, 3.8) is 0 Å². The van der Waals surface area contributed by atoms with Gasteiger partial charge in [0.25, 0.3) is 0 Å². The van der Waals surface area contributed by atoms with Crippen LogP contribution < -0.4 is 15.8 Å². The van der Waals surface area contributed by atoms with Gasteiger partial charge in [0, 0.05) is 5.69 Å². The summed E-state index contributed by atoms with van der Waals surface area (Å²) in [6.45, 7) is 2.70. The lowest BCUT2D eigenvalue weighted by atomic mass is 9.90. The molecule has 7 heteroatoms. The van der Waals surface area contributed by atoms with E-state index in [1.807, 2.05) is 6.92 Å². The van der Waals surface area contributed by atoms with Crippen LogP contribution in [0.25, 0.3) is 0 Å². The van der Waals surface area contributed by atoms with Gasteiger partial charge in [-0.2, -0.15) is 0 Å². The maximum atomic E-state index is 12.3. The summed E-state index contributed by atoms with van der Waals surface area (Å²) in [6.07, 6.45) is 2.88. The molecule has 1 heterocycles. The van der Waals surface area contributed by atoms with Crippen LogP contribution in [0.4, 0.5) is 5.69 Å². The fourth-order valence-corrected chi connectivity index (χ4v) is 2.76. The van der Waals surface area contributed by atoms with Gasteiger partial charge in [-0.1, -0.05) is 0 Å². The molecule has 20 heavy (non-hydrogen) atoms. The molecule has 6 nitrogen and oxygen atoms in total. The lowest BCUT2D eigenvalue weighted by molar-refractivity contribution is -0.122. The molecule has 110 valence electrons. The predicted octanol–water partition coefficient (Wildman–Crippen LogP) is 0.805. The Labute approximate surface area is 118 Å². The van der Waals surface area contributed by atoms with E-state index in [9.17, 15) is 13.2 Å². The number of piperidine rings is 1. The second-order valence-electron chi connectivity index (χ2n) is 5.24. The number of primary sulfonamides is 1. The van der Waals surface area contributed by atoms with Gasteiger partial charge in [0.2, 0.25) is 15.9 Å². The molecule has 0 aromatic heterocycles. The van der Waals surface area contributed by atoms with Crippen LogP contribution in [0, 0.1) is 0 Å². The zero-order chi connectivity index (χ0) is 14.8. The highest BCUT2D eigenvalue weighted by molar-refractivity contribution is 7.89. The van der Waals surface area contributed by atoms with Crippen LogP contribution in [0.3, 0.4) is 0 Å². The number of carbonyl (C=O) groups is 1. The molecule has 0 aliphatic carbocycles. The quantitative estimate of drug-likeness (QED) is 0.768. The monoisotopic (exact) mass is 297 g/mol. The van der Waals surface area contributed by atoms with Gasteiger partial charge in [-0.3, -0.25) is 4.79 Å². The average molecular weight is 297 g/mol. The van der Waals surface area contributed by atoms with Gasteiger partial charge in [0.1, 0.15) is 0 Å². The van der Waals surface area contributed by atoms with Crippen LogP contribution >= 0.6 is 0 Å². The summed E-state index contributed by atoms with van der Waals surface area (Å²) in [4.78, 5) is 12.3. The van der Waals surface area contributed by atoms with Gasteiger partial charge in [-0.05, 0) is 57.0 Å². The van der Waals surface area contributed by atoms with Crippen molar-refractivity contribution in [2.75, 3.05) is 11.9 Å². The van der Waals surface area contributed by atoms with Crippen LogP contribution in [0.15, 0.2) is 29.2 Å². The van der Waals surface area contributed by atoms with Crippen molar-refractivity contribution >= 4 is 21.6 Å². The second-order valence-corrected chi connectivity index (χ2v) is 6.80. The molecule has 1 aromatic rings. The fraction of sp³-hybridized carbons (Fsp3) is 0.462. The van der Waals surface area contributed by atoms with Gasteiger partial charge < -0.3 is 10.6 Å². The van der Waals surface area contributed by atoms with Crippen LogP contribution in [0.1, 0.15) is 26.2 Å². The van der Waals surface area contributed by atoms with Crippen LogP contribution in [-0.4, -0.2) is 26.4 Å². The summed E-state index contributed by atoms with van der Waals surface area (Å²) >= 11 is 0. The van der Waals surface area contributed by atoms with E-state index in [4.69, 9.17) is 5.14 Å². The number of nitrogens with two attached hydrogens (primary N) is 1. The van der Waals surface area contributed by atoms with Crippen molar-refractivity contribution in [1.82, 2.24) is 5.32 Å². The Balaban J connectivity index is 2.08. The van der Waals surface area contributed by atoms with Crippen LogP contribution in [-0.2, 0) is 14.8 Å². The molecule has 1 atom stereocenters. The lowest BCUT2D eigenvalue weighted by Crippen LogP contribution is -2.54. The molecule has 1 saturated heterocycles. The van der Waals surface area contributed by atoms with Gasteiger partial charge in [-0.15, -0.1) is 0 Å². The molecule has 4 N–H and O–H groups in total. The first-order chi connectivity index (χ1) is 9.31. The molecule has 1 unspecified atom stereocenters. The molecule has 1 aliphatic heterocycles. The number of carbonyl (C=O) groups excluding carboxylic acids is 1. The minimum atomic E-state index is -3.71. The predicted molar refractivity (Wildman–Crippen MR) is 76.7 cm³/mol. The molecule has 1 fully saturated rings. The Kier molecular flexibility index (Phi) is 4.12. The van der Waals surface area contributed by atoms with Crippen molar-refractivity contribution in [2.45, 2.75) is 36.6 Å². The van der Waals surface area contributed by atoms with E-state index in [0.29, 0.717) is 5.69 Å². The van der Waals surface area contributed by atoms with Crippen molar-refractivity contribution in [3.05, 3.63) is 24.3 Å². The highest BCUT2D eigenvalue weighted by Crippen LogP contribution is 2.21. The van der Waals surface area contributed by atoms with E-state index in [1.54, 1.807) is 0 Å². The van der Waals surface area contributed by atoms with E-state index in [0.717, 1.165) is 25.8 Å². The van der Waals surface area contributed by atoms with Crippen molar-refractivity contribution in [2.24, 2.45) is 5.14 Å². The summed E-state index contributed by atoms with van der Waals surface area (Å²) < 4.78 is 22.3. The molecular weight excluding hydrogens is 278 g/mol. The zero-order valence-electron chi connectivity index (χ0n) is 11.3. The summed E-state index contributed by atoms with van der Waals surface area (Å²) in [5.41, 5.74) is -0.0207. The summed E-state index contributed by atoms with van der Waals surface area (Å²) in [5.74, 6) is -0.111. The number of rotatable bonds is 3.